The molecule has 0 aliphatic carbocycles. The summed E-state index contributed by atoms with van der Waals surface area (Å²) in [5.41, 5.74) is 3.72. The number of aromatic nitrogens is 1. The number of aromatic carboxylic acids is 1. The van der Waals surface area contributed by atoms with E-state index in [9.17, 15) is 9.90 Å². The molecule has 0 spiro atoms. The molecule has 134 valence electrons. The van der Waals surface area contributed by atoms with Crippen LogP contribution in [0.1, 0.15) is 15.9 Å². The van der Waals surface area contributed by atoms with Crippen LogP contribution >= 0.6 is 0 Å². The SMILES string of the molecule is C=C(/C(=C\Nc1ccccc1)Nc1cnccc1C(=O)O)c1ccccc1. The molecule has 0 radical (unpaired) electrons. The minimum absolute atomic E-state index is 0.136. The van der Waals surface area contributed by atoms with E-state index in [0.29, 0.717) is 11.4 Å². The number of allylic oxidation sites excluding steroid dienone is 1. The molecule has 0 amide bonds. The Bertz CT molecular complexity index is 967. The highest BCUT2D eigenvalue weighted by Gasteiger charge is 2.13. The number of hydrogen-bond acceptors (Lipinski definition) is 4. The van der Waals surface area contributed by atoms with Crippen LogP contribution in [0.5, 0.6) is 0 Å². The maximum absolute atomic E-state index is 11.5. The first-order chi connectivity index (χ1) is 13.1. The predicted octanol–water partition coefficient (Wildman–Crippen LogP) is 4.86. The number of carboxylic acid groups (broad SMARTS) is 1. The van der Waals surface area contributed by atoms with Crippen LogP contribution in [0.3, 0.4) is 0 Å². The molecule has 5 heteroatoms. The lowest BCUT2D eigenvalue weighted by atomic mass is 10.0. The van der Waals surface area contributed by atoms with Crippen molar-refractivity contribution in [2.75, 3.05) is 10.6 Å². The van der Waals surface area contributed by atoms with Gasteiger partial charge in [-0.3, -0.25) is 4.98 Å². The van der Waals surface area contributed by atoms with E-state index >= 15 is 0 Å². The lowest BCUT2D eigenvalue weighted by molar-refractivity contribution is 0.0698. The molecule has 0 aliphatic heterocycles. The predicted molar refractivity (Wildman–Crippen MR) is 108 cm³/mol. The molecule has 0 saturated carbocycles. The van der Waals surface area contributed by atoms with Crippen molar-refractivity contribution in [3.8, 4) is 0 Å². The molecule has 0 fully saturated rings. The fourth-order valence-corrected chi connectivity index (χ4v) is 2.51. The minimum atomic E-state index is -1.03. The molecule has 3 rings (SSSR count). The van der Waals surface area contributed by atoms with Crippen LogP contribution in [0.4, 0.5) is 11.4 Å². The summed E-state index contributed by atoms with van der Waals surface area (Å²) in [6.07, 6.45) is 4.70. The van der Waals surface area contributed by atoms with Gasteiger partial charge in [0.1, 0.15) is 0 Å². The molecule has 3 aromatic rings. The topological polar surface area (TPSA) is 74.2 Å². The number of benzene rings is 2. The average Bonchev–Trinajstić information content (AvgIpc) is 2.72. The van der Waals surface area contributed by atoms with Gasteiger partial charge in [0.15, 0.2) is 0 Å². The van der Waals surface area contributed by atoms with Crippen LogP contribution in [-0.2, 0) is 0 Å². The van der Waals surface area contributed by atoms with Crippen molar-refractivity contribution in [2.45, 2.75) is 0 Å². The van der Waals surface area contributed by atoms with Crippen LogP contribution in [-0.4, -0.2) is 16.1 Å². The third kappa shape index (κ3) is 4.61. The molecule has 0 saturated heterocycles. The van der Waals surface area contributed by atoms with E-state index in [1.165, 1.54) is 18.5 Å². The van der Waals surface area contributed by atoms with Gasteiger partial charge in [0, 0.05) is 18.1 Å². The fourth-order valence-electron chi connectivity index (χ4n) is 2.51. The van der Waals surface area contributed by atoms with Crippen LogP contribution in [0.25, 0.3) is 5.57 Å². The van der Waals surface area contributed by atoms with Crippen LogP contribution < -0.4 is 10.6 Å². The first kappa shape index (κ1) is 17.9. The fraction of sp³-hybridized carbons (Fsp3) is 0. The van der Waals surface area contributed by atoms with Crippen molar-refractivity contribution < 1.29 is 9.90 Å². The first-order valence-electron chi connectivity index (χ1n) is 8.36. The van der Waals surface area contributed by atoms with Gasteiger partial charge in [0.2, 0.25) is 0 Å². The highest BCUT2D eigenvalue weighted by molar-refractivity contribution is 5.95. The van der Waals surface area contributed by atoms with E-state index in [1.807, 2.05) is 60.7 Å². The van der Waals surface area contributed by atoms with E-state index in [-0.39, 0.29) is 5.56 Å². The lowest BCUT2D eigenvalue weighted by Gasteiger charge is -2.16. The van der Waals surface area contributed by atoms with Crippen molar-refractivity contribution in [3.05, 3.63) is 109 Å². The Balaban J connectivity index is 1.95. The van der Waals surface area contributed by atoms with Gasteiger partial charge in [-0.1, -0.05) is 55.1 Å². The largest absolute Gasteiger partial charge is 0.478 e. The van der Waals surface area contributed by atoms with Gasteiger partial charge in [0.25, 0.3) is 0 Å². The average molecular weight is 357 g/mol. The second-order valence-corrected chi connectivity index (χ2v) is 5.76. The van der Waals surface area contributed by atoms with Gasteiger partial charge in [-0.25, -0.2) is 4.79 Å². The summed E-state index contributed by atoms with van der Waals surface area (Å²) in [6, 6.07) is 20.8. The van der Waals surface area contributed by atoms with Crippen LogP contribution in [0, 0.1) is 0 Å². The summed E-state index contributed by atoms with van der Waals surface area (Å²) in [5.74, 6) is -1.03. The molecule has 0 atom stereocenters. The Morgan fingerprint density at radius 3 is 2.33 bits per heavy atom. The zero-order valence-electron chi connectivity index (χ0n) is 14.6. The van der Waals surface area contributed by atoms with Crippen molar-refractivity contribution in [1.82, 2.24) is 4.98 Å². The van der Waals surface area contributed by atoms with Gasteiger partial charge in [0.05, 0.1) is 23.1 Å². The summed E-state index contributed by atoms with van der Waals surface area (Å²) in [4.78, 5) is 15.5. The highest BCUT2D eigenvalue weighted by atomic mass is 16.4. The van der Waals surface area contributed by atoms with E-state index < -0.39 is 5.97 Å². The van der Waals surface area contributed by atoms with E-state index in [2.05, 4.69) is 22.2 Å². The molecule has 0 unspecified atom stereocenters. The number of para-hydroxylation sites is 1. The number of pyridine rings is 1. The summed E-state index contributed by atoms with van der Waals surface area (Å²) in [6.45, 7) is 4.17. The number of nitrogens with one attached hydrogen (secondary N) is 2. The molecule has 27 heavy (non-hydrogen) atoms. The maximum atomic E-state index is 11.5. The van der Waals surface area contributed by atoms with Crippen LogP contribution in [0.15, 0.2) is 97.6 Å². The standard InChI is InChI=1S/C22H19N3O2/c1-16(17-8-4-2-5-9-17)20(15-24-18-10-6-3-7-11-18)25-21-14-23-13-12-19(21)22(26)27/h2-15,24-25H,1H2,(H,26,27)/b20-15+. The summed E-state index contributed by atoms with van der Waals surface area (Å²) in [5, 5.41) is 15.8. The number of rotatable bonds is 7. The first-order valence-corrected chi connectivity index (χ1v) is 8.36. The Morgan fingerprint density at radius 2 is 1.67 bits per heavy atom. The molecule has 2 aromatic carbocycles. The number of anilines is 2. The molecule has 1 heterocycles. The van der Waals surface area contributed by atoms with Gasteiger partial charge in [-0.05, 0) is 29.3 Å². The molecule has 0 bridgehead atoms. The molecule has 3 N–H and O–H groups in total. The normalized spacial score (nSPS) is 10.9. The second kappa shape index (κ2) is 8.49. The maximum Gasteiger partial charge on any atom is 0.337 e. The monoisotopic (exact) mass is 357 g/mol. The van der Waals surface area contributed by atoms with E-state index in [1.54, 1.807) is 6.20 Å². The minimum Gasteiger partial charge on any atom is -0.478 e. The highest BCUT2D eigenvalue weighted by Crippen LogP contribution is 2.25. The third-order valence-electron chi connectivity index (χ3n) is 3.93. The smallest absolute Gasteiger partial charge is 0.337 e. The van der Waals surface area contributed by atoms with Gasteiger partial charge < -0.3 is 15.7 Å². The number of hydrogen-bond donors (Lipinski definition) is 3. The van der Waals surface area contributed by atoms with Crippen molar-refractivity contribution in [1.29, 1.82) is 0 Å². The molecular formula is C22H19N3O2. The van der Waals surface area contributed by atoms with Crippen LogP contribution in [0.2, 0.25) is 0 Å². The van der Waals surface area contributed by atoms with Crippen molar-refractivity contribution in [2.24, 2.45) is 0 Å². The molecule has 5 nitrogen and oxygen atoms in total. The quantitative estimate of drug-likeness (QED) is 0.527. The van der Waals surface area contributed by atoms with Gasteiger partial charge >= 0.3 is 5.97 Å². The Hall–Kier alpha value is -3.86. The molecular weight excluding hydrogens is 338 g/mol. The van der Waals surface area contributed by atoms with Crippen molar-refractivity contribution >= 4 is 22.9 Å². The van der Waals surface area contributed by atoms with Gasteiger partial charge in [-0.15, -0.1) is 0 Å². The van der Waals surface area contributed by atoms with Crippen molar-refractivity contribution in [3.63, 3.8) is 0 Å². The number of carbonyl (C=O) groups is 1. The second-order valence-electron chi connectivity index (χ2n) is 5.76. The summed E-state index contributed by atoms with van der Waals surface area (Å²) >= 11 is 0. The zero-order valence-corrected chi connectivity index (χ0v) is 14.6. The lowest BCUT2D eigenvalue weighted by Crippen LogP contribution is -2.09. The Labute approximate surface area is 157 Å². The van der Waals surface area contributed by atoms with Gasteiger partial charge in [-0.2, -0.15) is 0 Å². The Morgan fingerprint density at radius 1 is 1.00 bits per heavy atom. The number of nitrogens with zero attached hydrogens (tertiary/aromatic N) is 1. The summed E-state index contributed by atoms with van der Waals surface area (Å²) in [7, 11) is 0. The third-order valence-corrected chi connectivity index (χ3v) is 3.93. The zero-order chi connectivity index (χ0) is 19.1. The molecule has 1 aromatic heterocycles. The van der Waals surface area contributed by atoms with E-state index in [4.69, 9.17) is 0 Å². The molecule has 0 aliphatic rings. The Kier molecular flexibility index (Phi) is 5.64. The van der Waals surface area contributed by atoms with E-state index in [0.717, 1.165) is 16.8 Å². The summed E-state index contributed by atoms with van der Waals surface area (Å²) < 4.78 is 0. The number of carboxylic acids is 1.